The first-order valence-electron chi connectivity index (χ1n) is 4.79. The van der Waals surface area contributed by atoms with Gasteiger partial charge in [0.15, 0.2) is 0 Å². The number of primary sulfonamides is 1. The van der Waals surface area contributed by atoms with Crippen molar-refractivity contribution in [2.75, 3.05) is 12.3 Å². The lowest BCUT2D eigenvalue weighted by atomic mass is 10.3. The van der Waals surface area contributed by atoms with E-state index in [2.05, 4.69) is 10.3 Å². The Hall–Kier alpha value is -1.18. The number of nitrogens with one attached hydrogen (secondary N) is 1. The van der Waals surface area contributed by atoms with E-state index in [0.717, 1.165) is 0 Å². The van der Waals surface area contributed by atoms with E-state index in [9.17, 15) is 13.2 Å². The number of nitrogens with zero attached hydrogens (tertiary/aromatic N) is 1. The second kappa shape index (κ2) is 5.95. The maximum atomic E-state index is 11.5. The molecule has 0 spiro atoms. The third kappa shape index (κ3) is 5.62. The number of hydrogen-bond acceptors (Lipinski definition) is 4. The van der Waals surface area contributed by atoms with E-state index in [1.54, 1.807) is 6.07 Å². The number of carbonyl (C=O) groups is 1. The van der Waals surface area contributed by atoms with Crippen LogP contribution in [-0.4, -0.2) is 31.6 Å². The first kappa shape index (κ1) is 13.9. The number of nitrogens with two attached hydrogens (primary N) is 1. The Bertz CT molecular complexity index is 504. The Morgan fingerprint density at radius 1 is 1.53 bits per heavy atom. The van der Waals surface area contributed by atoms with Crippen LogP contribution < -0.4 is 10.5 Å². The molecule has 0 saturated heterocycles. The summed E-state index contributed by atoms with van der Waals surface area (Å²) in [6.07, 6.45) is 1.67. The highest BCUT2D eigenvalue weighted by molar-refractivity contribution is 7.89. The highest BCUT2D eigenvalue weighted by Crippen LogP contribution is 2.07. The standard InChI is InChI=1S/C9H12ClN3O3S/c10-7-2-4-12-8(6-7)9(14)13-3-1-5-17(11,15)16/h2,4,6H,1,3,5H2,(H,13,14)(H2,11,15,16). The zero-order valence-corrected chi connectivity index (χ0v) is 10.5. The Morgan fingerprint density at radius 3 is 2.82 bits per heavy atom. The van der Waals surface area contributed by atoms with Crippen LogP contribution in [0.4, 0.5) is 0 Å². The van der Waals surface area contributed by atoms with Gasteiger partial charge in [0, 0.05) is 17.8 Å². The van der Waals surface area contributed by atoms with Crippen LogP contribution in [-0.2, 0) is 10.0 Å². The van der Waals surface area contributed by atoms with Gasteiger partial charge in [-0.2, -0.15) is 0 Å². The Labute approximate surface area is 104 Å². The van der Waals surface area contributed by atoms with Gasteiger partial charge in [0.05, 0.1) is 5.75 Å². The van der Waals surface area contributed by atoms with Crippen molar-refractivity contribution in [3.05, 3.63) is 29.0 Å². The van der Waals surface area contributed by atoms with Gasteiger partial charge < -0.3 is 5.32 Å². The third-order valence-corrected chi connectivity index (χ3v) is 2.94. The van der Waals surface area contributed by atoms with Gasteiger partial charge >= 0.3 is 0 Å². The van der Waals surface area contributed by atoms with E-state index in [-0.39, 0.29) is 24.4 Å². The van der Waals surface area contributed by atoms with Gasteiger partial charge in [-0.15, -0.1) is 0 Å². The smallest absolute Gasteiger partial charge is 0.269 e. The van der Waals surface area contributed by atoms with Gasteiger partial charge in [0.1, 0.15) is 5.69 Å². The Morgan fingerprint density at radius 2 is 2.24 bits per heavy atom. The summed E-state index contributed by atoms with van der Waals surface area (Å²) in [6.45, 7) is 0.212. The van der Waals surface area contributed by atoms with Crippen LogP contribution in [0.2, 0.25) is 5.02 Å². The predicted octanol–water partition coefficient (Wildman–Crippen LogP) is 0.143. The molecule has 0 unspecified atom stereocenters. The zero-order chi connectivity index (χ0) is 12.9. The molecule has 0 radical (unpaired) electrons. The molecule has 0 atom stereocenters. The van der Waals surface area contributed by atoms with E-state index in [1.165, 1.54) is 12.3 Å². The average Bonchev–Trinajstić information content (AvgIpc) is 2.23. The summed E-state index contributed by atoms with van der Waals surface area (Å²) in [5.74, 6) is -0.571. The van der Waals surface area contributed by atoms with Gasteiger partial charge in [-0.05, 0) is 18.6 Å². The van der Waals surface area contributed by atoms with E-state index in [1.807, 2.05) is 0 Å². The van der Waals surface area contributed by atoms with Gasteiger partial charge in [-0.25, -0.2) is 13.6 Å². The minimum Gasteiger partial charge on any atom is -0.351 e. The average molecular weight is 278 g/mol. The molecule has 1 aromatic heterocycles. The molecule has 8 heteroatoms. The molecular weight excluding hydrogens is 266 g/mol. The number of hydrogen-bond donors (Lipinski definition) is 2. The largest absolute Gasteiger partial charge is 0.351 e. The summed E-state index contributed by atoms with van der Waals surface area (Å²) in [6, 6.07) is 2.98. The van der Waals surface area contributed by atoms with E-state index in [4.69, 9.17) is 16.7 Å². The topological polar surface area (TPSA) is 102 Å². The van der Waals surface area contributed by atoms with E-state index in [0.29, 0.717) is 5.02 Å². The molecule has 0 bridgehead atoms. The Kier molecular flexibility index (Phi) is 4.86. The van der Waals surface area contributed by atoms with Crippen molar-refractivity contribution in [1.82, 2.24) is 10.3 Å². The zero-order valence-electron chi connectivity index (χ0n) is 8.89. The molecule has 0 fully saturated rings. The monoisotopic (exact) mass is 277 g/mol. The molecule has 1 rings (SSSR count). The molecule has 6 nitrogen and oxygen atoms in total. The first-order valence-corrected chi connectivity index (χ1v) is 6.88. The second-order valence-electron chi connectivity index (χ2n) is 3.34. The summed E-state index contributed by atoms with van der Waals surface area (Å²) in [4.78, 5) is 15.3. The molecule has 1 aromatic rings. The van der Waals surface area contributed by atoms with E-state index < -0.39 is 15.9 Å². The summed E-state index contributed by atoms with van der Waals surface area (Å²) in [5, 5.41) is 7.74. The Balaban J connectivity index is 2.41. The summed E-state index contributed by atoms with van der Waals surface area (Å²) < 4.78 is 21.3. The van der Waals surface area contributed by atoms with Crippen molar-refractivity contribution in [3.8, 4) is 0 Å². The maximum absolute atomic E-state index is 11.5. The molecular formula is C9H12ClN3O3S. The molecule has 94 valence electrons. The quantitative estimate of drug-likeness (QED) is 0.748. The highest BCUT2D eigenvalue weighted by atomic mass is 35.5. The molecule has 0 saturated carbocycles. The van der Waals surface area contributed by atoms with Crippen LogP contribution in [0.15, 0.2) is 18.3 Å². The van der Waals surface area contributed by atoms with Crippen molar-refractivity contribution < 1.29 is 13.2 Å². The molecule has 0 aliphatic rings. The van der Waals surface area contributed by atoms with Gasteiger partial charge in [-0.3, -0.25) is 9.78 Å². The number of halogens is 1. The fraction of sp³-hybridized carbons (Fsp3) is 0.333. The molecule has 1 amide bonds. The minimum atomic E-state index is -3.48. The maximum Gasteiger partial charge on any atom is 0.269 e. The van der Waals surface area contributed by atoms with Crippen LogP contribution in [0.5, 0.6) is 0 Å². The predicted molar refractivity (Wildman–Crippen MR) is 64.2 cm³/mol. The van der Waals surface area contributed by atoms with Crippen molar-refractivity contribution in [2.45, 2.75) is 6.42 Å². The number of sulfonamides is 1. The lowest BCUT2D eigenvalue weighted by Crippen LogP contribution is -2.27. The van der Waals surface area contributed by atoms with Gasteiger partial charge in [-0.1, -0.05) is 11.6 Å². The van der Waals surface area contributed by atoms with Crippen LogP contribution in [0.3, 0.4) is 0 Å². The first-order chi connectivity index (χ1) is 7.88. The normalized spacial score (nSPS) is 11.2. The van der Waals surface area contributed by atoms with Gasteiger partial charge in [0.2, 0.25) is 10.0 Å². The number of pyridine rings is 1. The van der Waals surface area contributed by atoms with Crippen molar-refractivity contribution >= 4 is 27.5 Å². The summed E-state index contributed by atoms with van der Waals surface area (Å²) >= 11 is 5.69. The van der Waals surface area contributed by atoms with Crippen LogP contribution >= 0.6 is 11.6 Å². The van der Waals surface area contributed by atoms with E-state index >= 15 is 0 Å². The highest BCUT2D eigenvalue weighted by Gasteiger charge is 2.07. The van der Waals surface area contributed by atoms with Gasteiger partial charge in [0.25, 0.3) is 5.91 Å². The lowest BCUT2D eigenvalue weighted by molar-refractivity contribution is 0.0948. The van der Waals surface area contributed by atoms with Crippen molar-refractivity contribution in [2.24, 2.45) is 5.14 Å². The molecule has 0 aromatic carbocycles. The number of aromatic nitrogens is 1. The number of rotatable bonds is 5. The van der Waals surface area contributed by atoms with Crippen LogP contribution in [0, 0.1) is 0 Å². The third-order valence-electron chi connectivity index (χ3n) is 1.85. The SMILES string of the molecule is NS(=O)(=O)CCCNC(=O)c1cc(Cl)ccn1. The fourth-order valence-electron chi connectivity index (χ4n) is 1.09. The molecule has 0 aliphatic heterocycles. The van der Waals surface area contributed by atoms with Crippen LogP contribution in [0.25, 0.3) is 0 Å². The van der Waals surface area contributed by atoms with Crippen LogP contribution in [0.1, 0.15) is 16.9 Å². The lowest BCUT2D eigenvalue weighted by Gasteiger charge is -2.04. The minimum absolute atomic E-state index is 0.170. The number of amides is 1. The molecule has 3 N–H and O–H groups in total. The summed E-state index contributed by atoms with van der Waals surface area (Å²) in [7, 11) is -3.48. The molecule has 17 heavy (non-hydrogen) atoms. The summed E-state index contributed by atoms with van der Waals surface area (Å²) in [5.41, 5.74) is 0.188. The molecule has 1 heterocycles. The molecule has 0 aliphatic carbocycles. The second-order valence-corrected chi connectivity index (χ2v) is 5.51. The number of carbonyl (C=O) groups excluding carboxylic acids is 1. The van der Waals surface area contributed by atoms with Crippen molar-refractivity contribution in [3.63, 3.8) is 0 Å². The fourth-order valence-corrected chi connectivity index (χ4v) is 1.80. The van der Waals surface area contributed by atoms with Crippen molar-refractivity contribution in [1.29, 1.82) is 0 Å².